The first-order valence-electron chi connectivity index (χ1n) is 3.62. The second-order valence-corrected chi connectivity index (χ2v) is 3.05. The van der Waals surface area contributed by atoms with Gasteiger partial charge in [0.05, 0.1) is 16.5 Å². The van der Waals surface area contributed by atoms with Gasteiger partial charge >= 0.3 is 0 Å². The Labute approximate surface area is 87.9 Å². The number of rotatable bonds is 2. The lowest BCUT2D eigenvalue weighted by Crippen LogP contribution is -2.04. The first-order chi connectivity index (χ1) is 6.61. The number of halogens is 2. The summed E-state index contributed by atoms with van der Waals surface area (Å²) in [6, 6.07) is 3.81. The monoisotopic (exact) mass is 257 g/mol. The number of nitrogens with zero attached hydrogens (tertiary/aromatic N) is 1. The molecule has 0 bridgehead atoms. The first-order valence-corrected chi connectivity index (χ1v) is 4.74. The Morgan fingerprint density at radius 2 is 2.29 bits per heavy atom. The summed E-state index contributed by atoms with van der Waals surface area (Å²) >= 11 is 2.88. The number of carbonyl (C=O) groups excluding carboxylic acids is 1. The molecule has 0 atom stereocenters. The molecule has 0 amide bonds. The van der Waals surface area contributed by atoms with Crippen LogP contribution in [0, 0.1) is 17.1 Å². The second kappa shape index (κ2) is 4.20. The van der Waals surface area contributed by atoms with Crippen LogP contribution in [0.4, 0.5) is 4.39 Å². The largest absolute Gasteiger partial charge is 0.504 e. The molecule has 3 nitrogen and oxygen atoms in total. The SMILES string of the molecule is N#Cc1ccc(F)c(O)c1C(=O)CBr. The van der Waals surface area contributed by atoms with Gasteiger partial charge in [0.25, 0.3) is 0 Å². The lowest BCUT2D eigenvalue weighted by atomic mass is 10.0. The number of aromatic hydroxyl groups is 1. The van der Waals surface area contributed by atoms with Gasteiger partial charge in [-0.15, -0.1) is 0 Å². The Bertz CT molecular complexity index is 426. The van der Waals surface area contributed by atoms with Gasteiger partial charge in [-0.05, 0) is 12.1 Å². The molecule has 0 aliphatic rings. The molecule has 0 fully saturated rings. The van der Waals surface area contributed by atoms with Crippen molar-refractivity contribution in [1.29, 1.82) is 5.26 Å². The summed E-state index contributed by atoms with van der Waals surface area (Å²) in [5.74, 6) is -2.21. The average Bonchev–Trinajstić information content (AvgIpc) is 2.20. The predicted molar refractivity (Wildman–Crippen MR) is 50.9 cm³/mol. The van der Waals surface area contributed by atoms with E-state index in [1.165, 1.54) is 0 Å². The number of nitriles is 1. The Morgan fingerprint density at radius 3 is 2.79 bits per heavy atom. The van der Waals surface area contributed by atoms with E-state index in [1.54, 1.807) is 6.07 Å². The molecule has 0 aliphatic carbocycles. The van der Waals surface area contributed by atoms with E-state index in [0.717, 1.165) is 12.1 Å². The van der Waals surface area contributed by atoms with Crippen LogP contribution in [-0.2, 0) is 0 Å². The minimum Gasteiger partial charge on any atom is -0.504 e. The maximum absolute atomic E-state index is 12.9. The van der Waals surface area contributed by atoms with Crippen molar-refractivity contribution in [3.63, 3.8) is 0 Å². The number of phenolic OH excluding ortho intramolecular Hbond substituents is 1. The number of hydrogen-bond acceptors (Lipinski definition) is 3. The molecular formula is C9H5BrFNO2. The first kappa shape index (κ1) is 10.7. The van der Waals surface area contributed by atoms with Crippen LogP contribution in [0.25, 0.3) is 0 Å². The molecule has 0 saturated carbocycles. The predicted octanol–water partition coefficient (Wildman–Crippen LogP) is 1.98. The number of ketones is 1. The molecule has 1 rings (SSSR count). The standard InChI is InChI=1S/C9H5BrFNO2/c10-3-7(13)8-5(4-12)1-2-6(11)9(8)14/h1-2,14H,3H2. The van der Waals surface area contributed by atoms with Crippen molar-refractivity contribution in [2.75, 3.05) is 5.33 Å². The molecule has 0 unspecified atom stereocenters. The molecule has 0 aromatic heterocycles. The zero-order chi connectivity index (χ0) is 10.7. The van der Waals surface area contributed by atoms with Gasteiger partial charge in [-0.1, -0.05) is 15.9 Å². The van der Waals surface area contributed by atoms with Gasteiger partial charge in [0.1, 0.15) is 6.07 Å². The van der Waals surface area contributed by atoms with Crippen molar-refractivity contribution < 1.29 is 14.3 Å². The third-order valence-electron chi connectivity index (χ3n) is 1.65. The van der Waals surface area contributed by atoms with Crippen molar-refractivity contribution in [2.24, 2.45) is 0 Å². The Morgan fingerprint density at radius 1 is 1.64 bits per heavy atom. The number of benzene rings is 1. The Hall–Kier alpha value is -1.41. The minimum atomic E-state index is -0.909. The topological polar surface area (TPSA) is 61.1 Å². The van der Waals surface area contributed by atoms with Gasteiger partial charge in [0, 0.05) is 0 Å². The summed E-state index contributed by atoms with van der Waals surface area (Å²) in [5, 5.41) is 17.8. The number of hydrogen-bond donors (Lipinski definition) is 1. The zero-order valence-electron chi connectivity index (χ0n) is 6.92. The van der Waals surface area contributed by atoms with Crippen LogP contribution in [0.15, 0.2) is 12.1 Å². The normalized spacial score (nSPS) is 9.50. The van der Waals surface area contributed by atoms with E-state index in [0.29, 0.717) is 0 Å². The summed E-state index contributed by atoms with van der Waals surface area (Å²) in [5.41, 5.74) is -0.308. The number of phenols is 1. The van der Waals surface area contributed by atoms with Gasteiger partial charge in [-0.3, -0.25) is 4.79 Å². The fourth-order valence-electron chi connectivity index (χ4n) is 1.01. The molecule has 1 N–H and O–H groups in total. The van der Waals surface area contributed by atoms with Crippen LogP contribution in [-0.4, -0.2) is 16.2 Å². The molecule has 0 aliphatic heterocycles. The van der Waals surface area contributed by atoms with Crippen LogP contribution in [0.3, 0.4) is 0 Å². The highest BCUT2D eigenvalue weighted by atomic mass is 79.9. The van der Waals surface area contributed by atoms with Crippen molar-refractivity contribution >= 4 is 21.7 Å². The summed E-state index contributed by atoms with van der Waals surface area (Å²) < 4.78 is 12.9. The summed E-state index contributed by atoms with van der Waals surface area (Å²) in [4.78, 5) is 11.2. The fraction of sp³-hybridized carbons (Fsp3) is 0.111. The molecule has 1 aromatic carbocycles. The Kier molecular flexibility index (Phi) is 3.20. The molecule has 0 saturated heterocycles. The smallest absolute Gasteiger partial charge is 0.178 e. The quantitative estimate of drug-likeness (QED) is 0.651. The molecule has 5 heteroatoms. The van der Waals surface area contributed by atoms with Gasteiger partial charge in [-0.25, -0.2) is 4.39 Å². The highest BCUT2D eigenvalue weighted by Crippen LogP contribution is 2.25. The molecule has 0 radical (unpaired) electrons. The van der Waals surface area contributed by atoms with Gasteiger partial charge in [0.2, 0.25) is 0 Å². The van der Waals surface area contributed by atoms with E-state index in [4.69, 9.17) is 5.26 Å². The highest BCUT2D eigenvalue weighted by Gasteiger charge is 2.18. The average molecular weight is 258 g/mol. The third-order valence-corrected chi connectivity index (χ3v) is 2.16. The summed E-state index contributed by atoms with van der Waals surface area (Å²) in [7, 11) is 0. The molecule has 0 spiro atoms. The van der Waals surface area contributed by atoms with Crippen molar-refractivity contribution in [2.45, 2.75) is 0 Å². The van der Waals surface area contributed by atoms with Crippen LogP contribution in [0.1, 0.15) is 15.9 Å². The minimum absolute atomic E-state index is 0.0339. The summed E-state index contributed by atoms with van der Waals surface area (Å²) in [6.07, 6.45) is 0. The van der Waals surface area contributed by atoms with Crippen LogP contribution in [0.2, 0.25) is 0 Å². The third kappa shape index (κ3) is 1.75. The maximum Gasteiger partial charge on any atom is 0.178 e. The fourth-order valence-corrected chi connectivity index (χ4v) is 1.29. The Balaban J connectivity index is 3.45. The highest BCUT2D eigenvalue weighted by molar-refractivity contribution is 9.09. The van der Waals surface area contributed by atoms with E-state index in [9.17, 15) is 14.3 Å². The van der Waals surface area contributed by atoms with Crippen molar-refractivity contribution in [1.82, 2.24) is 0 Å². The van der Waals surface area contributed by atoms with Gasteiger partial charge < -0.3 is 5.11 Å². The van der Waals surface area contributed by atoms with Crippen molar-refractivity contribution in [3.8, 4) is 11.8 Å². The van der Waals surface area contributed by atoms with E-state index in [2.05, 4.69) is 15.9 Å². The van der Waals surface area contributed by atoms with Gasteiger partial charge in [-0.2, -0.15) is 5.26 Å². The number of Topliss-reactive ketones (excluding diaryl/α,β-unsaturated/α-hetero) is 1. The summed E-state index contributed by atoms with van der Waals surface area (Å²) in [6.45, 7) is 0. The van der Waals surface area contributed by atoms with E-state index in [1.807, 2.05) is 0 Å². The second-order valence-electron chi connectivity index (χ2n) is 2.49. The van der Waals surface area contributed by atoms with Gasteiger partial charge in [0.15, 0.2) is 17.3 Å². The van der Waals surface area contributed by atoms with Crippen LogP contribution < -0.4 is 0 Å². The molecule has 1 aromatic rings. The number of alkyl halides is 1. The van der Waals surface area contributed by atoms with E-state index >= 15 is 0 Å². The van der Waals surface area contributed by atoms with E-state index in [-0.39, 0.29) is 16.5 Å². The lowest BCUT2D eigenvalue weighted by molar-refractivity contribution is 0.102. The van der Waals surface area contributed by atoms with Crippen LogP contribution >= 0.6 is 15.9 Å². The molecule has 0 heterocycles. The maximum atomic E-state index is 12.9. The van der Waals surface area contributed by atoms with E-state index < -0.39 is 17.3 Å². The lowest BCUT2D eigenvalue weighted by Gasteiger charge is -2.04. The number of carbonyl (C=O) groups is 1. The van der Waals surface area contributed by atoms with Crippen molar-refractivity contribution in [3.05, 3.63) is 29.1 Å². The van der Waals surface area contributed by atoms with Crippen LogP contribution in [0.5, 0.6) is 5.75 Å². The molecule has 72 valence electrons. The molecular weight excluding hydrogens is 253 g/mol. The molecule has 14 heavy (non-hydrogen) atoms. The zero-order valence-corrected chi connectivity index (χ0v) is 8.51.